The van der Waals surface area contributed by atoms with Gasteiger partial charge in [0.1, 0.15) is 11.9 Å². The fourth-order valence-electron chi connectivity index (χ4n) is 2.05. The average Bonchev–Trinajstić information content (AvgIpc) is 2.92. The van der Waals surface area contributed by atoms with E-state index >= 15 is 0 Å². The summed E-state index contributed by atoms with van der Waals surface area (Å²) in [6.07, 6.45) is 1.88. The standard InChI is InChI=1S/C15H19ClN2OS/c1-11(19-14-4-2-3-13(16)9-14)15(18-17)6-5-12-7-8-20-10-12/h2-4,7-11,15,18H,5-6,17H2,1H3. The Bertz CT molecular complexity index is 518. The van der Waals surface area contributed by atoms with Crippen LogP contribution in [0.25, 0.3) is 0 Å². The molecule has 0 radical (unpaired) electrons. The zero-order valence-electron chi connectivity index (χ0n) is 11.4. The molecule has 0 amide bonds. The van der Waals surface area contributed by atoms with Gasteiger partial charge in [0.2, 0.25) is 0 Å². The summed E-state index contributed by atoms with van der Waals surface area (Å²) in [6, 6.07) is 9.64. The fourth-order valence-corrected chi connectivity index (χ4v) is 2.93. The molecular weight excluding hydrogens is 292 g/mol. The molecule has 1 aromatic carbocycles. The lowest BCUT2D eigenvalue weighted by molar-refractivity contribution is 0.165. The van der Waals surface area contributed by atoms with Crippen molar-refractivity contribution in [2.45, 2.75) is 31.9 Å². The van der Waals surface area contributed by atoms with Gasteiger partial charge in [0.25, 0.3) is 0 Å². The smallest absolute Gasteiger partial charge is 0.121 e. The molecule has 0 spiro atoms. The third-order valence-electron chi connectivity index (χ3n) is 3.22. The average molecular weight is 311 g/mol. The Hall–Kier alpha value is -1.07. The van der Waals surface area contributed by atoms with E-state index in [1.165, 1.54) is 5.56 Å². The molecule has 2 unspecified atom stereocenters. The number of benzene rings is 1. The Balaban J connectivity index is 1.89. The van der Waals surface area contributed by atoms with E-state index in [4.69, 9.17) is 22.2 Å². The predicted octanol–water partition coefficient (Wildman–Crippen LogP) is 3.63. The second-order valence-corrected chi connectivity index (χ2v) is 5.94. The highest BCUT2D eigenvalue weighted by atomic mass is 35.5. The molecule has 5 heteroatoms. The summed E-state index contributed by atoms with van der Waals surface area (Å²) in [5.74, 6) is 6.41. The summed E-state index contributed by atoms with van der Waals surface area (Å²) in [6.45, 7) is 2.01. The molecule has 0 aliphatic heterocycles. The summed E-state index contributed by atoms with van der Waals surface area (Å²) >= 11 is 7.67. The minimum atomic E-state index is -0.0305. The molecule has 1 heterocycles. The van der Waals surface area contributed by atoms with Crippen molar-refractivity contribution in [2.24, 2.45) is 5.84 Å². The molecule has 20 heavy (non-hydrogen) atoms. The number of ether oxygens (including phenoxy) is 1. The number of thiophene rings is 1. The summed E-state index contributed by atoms with van der Waals surface area (Å²) in [5, 5.41) is 4.92. The SMILES string of the molecule is CC(Oc1cccc(Cl)c1)C(CCc1ccsc1)NN. The third kappa shape index (κ3) is 4.49. The van der Waals surface area contributed by atoms with Crippen LogP contribution in [0.2, 0.25) is 5.02 Å². The number of halogens is 1. The molecule has 0 saturated heterocycles. The molecule has 0 bridgehead atoms. The lowest BCUT2D eigenvalue weighted by Gasteiger charge is -2.24. The predicted molar refractivity (Wildman–Crippen MR) is 85.3 cm³/mol. The fraction of sp³-hybridized carbons (Fsp3) is 0.333. The Morgan fingerprint density at radius 2 is 2.25 bits per heavy atom. The largest absolute Gasteiger partial charge is 0.489 e. The van der Waals surface area contributed by atoms with Crippen LogP contribution in [-0.4, -0.2) is 12.1 Å². The zero-order valence-corrected chi connectivity index (χ0v) is 13.0. The maximum absolute atomic E-state index is 5.95. The number of aryl methyl sites for hydroxylation is 1. The first-order valence-electron chi connectivity index (χ1n) is 6.58. The van der Waals surface area contributed by atoms with Crippen LogP contribution >= 0.6 is 22.9 Å². The molecule has 108 valence electrons. The molecular formula is C15H19ClN2OS. The van der Waals surface area contributed by atoms with Crippen molar-refractivity contribution in [3.63, 3.8) is 0 Å². The summed E-state index contributed by atoms with van der Waals surface area (Å²) in [7, 11) is 0. The first-order chi connectivity index (χ1) is 9.69. The van der Waals surface area contributed by atoms with Gasteiger partial charge in [0.15, 0.2) is 0 Å². The molecule has 3 nitrogen and oxygen atoms in total. The first kappa shape index (κ1) is 15.3. The van der Waals surface area contributed by atoms with Gasteiger partial charge in [0.05, 0.1) is 6.04 Å². The van der Waals surface area contributed by atoms with Crippen LogP contribution in [0.3, 0.4) is 0 Å². The Kier molecular flexibility index (Phi) is 5.86. The first-order valence-corrected chi connectivity index (χ1v) is 7.90. The van der Waals surface area contributed by atoms with Gasteiger partial charge in [0, 0.05) is 5.02 Å². The minimum absolute atomic E-state index is 0.0305. The van der Waals surface area contributed by atoms with Crippen LogP contribution < -0.4 is 16.0 Å². The van der Waals surface area contributed by atoms with Gasteiger partial charge in [-0.1, -0.05) is 17.7 Å². The maximum Gasteiger partial charge on any atom is 0.121 e. The van der Waals surface area contributed by atoms with Crippen molar-refractivity contribution in [1.82, 2.24) is 5.43 Å². The number of hydrogen-bond donors (Lipinski definition) is 2. The molecule has 2 rings (SSSR count). The van der Waals surface area contributed by atoms with Crippen LogP contribution in [-0.2, 0) is 6.42 Å². The number of rotatable bonds is 7. The minimum Gasteiger partial charge on any atom is -0.489 e. The van der Waals surface area contributed by atoms with E-state index in [1.807, 2.05) is 31.2 Å². The lowest BCUT2D eigenvalue weighted by Crippen LogP contribution is -2.45. The van der Waals surface area contributed by atoms with Crippen molar-refractivity contribution >= 4 is 22.9 Å². The van der Waals surface area contributed by atoms with Crippen LogP contribution in [0.5, 0.6) is 5.75 Å². The highest BCUT2D eigenvalue weighted by Gasteiger charge is 2.17. The van der Waals surface area contributed by atoms with E-state index in [9.17, 15) is 0 Å². The summed E-state index contributed by atoms with van der Waals surface area (Å²) < 4.78 is 5.89. The van der Waals surface area contributed by atoms with E-state index in [1.54, 1.807) is 11.3 Å². The van der Waals surface area contributed by atoms with E-state index in [-0.39, 0.29) is 12.1 Å². The van der Waals surface area contributed by atoms with Crippen molar-refractivity contribution in [3.8, 4) is 5.75 Å². The second-order valence-electron chi connectivity index (χ2n) is 4.72. The van der Waals surface area contributed by atoms with Gasteiger partial charge in [-0.25, -0.2) is 0 Å². The Morgan fingerprint density at radius 1 is 1.40 bits per heavy atom. The molecule has 2 aromatic rings. The van der Waals surface area contributed by atoms with Gasteiger partial charge in [-0.05, 0) is 60.4 Å². The molecule has 3 N–H and O–H groups in total. The highest BCUT2D eigenvalue weighted by Crippen LogP contribution is 2.20. The molecule has 2 atom stereocenters. The highest BCUT2D eigenvalue weighted by molar-refractivity contribution is 7.07. The molecule has 0 aliphatic carbocycles. The molecule has 1 aromatic heterocycles. The Morgan fingerprint density at radius 3 is 2.90 bits per heavy atom. The van der Waals surface area contributed by atoms with E-state index < -0.39 is 0 Å². The monoisotopic (exact) mass is 310 g/mol. The summed E-state index contributed by atoms with van der Waals surface area (Å²) in [4.78, 5) is 0. The maximum atomic E-state index is 5.95. The van der Waals surface area contributed by atoms with Gasteiger partial charge >= 0.3 is 0 Å². The van der Waals surface area contributed by atoms with Crippen LogP contribution in [0.15, 0.2) is 41.1 Å². The molecule has 0 saturated carbocycles. The van der Waals surface area contributed by atoms with Crippen LogP contribution in [0, 0.1) is 0 Å². The lowest BCUT2D eigenvalue weighted by atomic mass is 10.0. The van der Waals surface area contributed by atoms with Crippen molar-refractivity contribution < 1.29 is 4.74 Å². The van der Waals surface area contributed by atoms with Crippen molar-refractivity contribution in [1.29, 1.82) is 0 Å². The van der Waals surface area contributed by atoms with Gasteiger partial charge in [-0.2, -0.15) is 11.3 Å². The van der Waals surface area contributed by atoms with E-state index in [0.717, 1.165) is 18.6 Å². The topological polar surface area (TPSA) is 47.3 Å². The van der Waals surface area contributed by atoms with Gasteiger partial charge < -0.3 is 4.74 Å². The Labute approximate surface area is 128 Å². The summed E-state index contributed by atoms with van der Waals surface area (Å²) in [5.41, 5.74) is 4.18. The molecule has 0 aliphatic rings. The quantitative estimate of drug-likeness (QED) is 0.606. The number of hydrazine groups is 1. The molecule has 0 fully saturated rings. The number of nitrogens with two attached hydrogens (primary N) is 1. The van der Waals surface area contributed by atoms with Crippen LogP contribution in [0.1, 0.15) is 18.9 Å². The third-order valence-corrected chi connectivity index (χ3v) is 4.19. The number of hydrogen-bond acceptors (Lipinski definition) is 4. The van der Waals surface area contributed by atoms with E-state index in [2.05, 4.69) is 22.3 Å². The second kappa shape index (κ2) is 7.64. The van der Waals surface area contributed by atoms with E-state index in [0.29, 0.717) is 5.02 Å². The normalized spacial score (nSPS) is 13.9. The number of nitrogens with one attached hydrogen (secondary N) is 1. The van der Waals surface area contributed by atoms with Crippen molar-refractivity contribution in [3.05, 3.63) is 51.7 Å². The van der Waals surface area contributed by atoms with Crippen molar-refractivity contribution in [2.75, 3.05) is 0 Å². The van der Waals surface area contributed by atoms with Gasteiger partial charge in [-0.15, -0.1) is 0 Å². The van der Waals surface area contributed by atoms with Crippen LogP contribution in [0.4, 0.5) is 0 Å². The van der Waals surface area contributed by atoms with Gasteiger partial charge in [-0.3, -0.25) is 11.3 Å². The zero-order chi connectivity index (χ0) is 14.4.